The molecule has 60 heavy (non-hydrogen) atoms. The Balaban J connectivity index is 0.808. The molecule has 4 aliphatic rings. The minimum absolute atomic E-state index is 0.0218. The Kier molecular flexibility index (Phi) is 11.1. The molecule has 1 aliphatic carbocycles. The number of piperazine rings is 1. The molecule has 2 aromatic heterocycles. The predicted octanol–water partition coefficient (Wildman–Crippen LogP) is 5.08. The zero-order valence-electron chi connectivity index (χ0n) is 34.2. The van der Waals surface area contributed by atoms with Gasteiger partial charge in [0.2, 0.25) is 11.9 Å². The molecule has 1 unspecified atom stereocenters. The molecule has 2 aromatic carbocycles. The lowest BCUT2D eigenvalue weighted by Gasteiger charge is -2.63. The normalized spacial score (nSPS) is 23.1. The molecule has 14 nitrogen and oxygen atoms in total. The molecule has 3 saturated heterocycles. The Morgan fingerprint density at radius 3 is 2.37 bits per heavy atom. The number of nitriles is 1. The Labute approximate surface area is 352 Å². The van der Waals surface area contributed by atoms with Gasteiger partial charge in [0.05, 0.1) is 27.9 Å². The van der Waals surface area contributed by atoms with Crippen LogP contribution in [0.3, 0.4) is 0 Å². The maximum Gasteiger partial charge on any atom is 0.275 e. The summed E-state index contributed by atoms with van der Waals surface area (Å²) in [6.07, 6.45) is 3.59. The van der Waals surface area contributed by atoms with Gasteiger partial charge in [-0.05, 0) is 67.6 Å². The van der Waals surface area contributed by atoms with E-state index in [2.05, 4.69) is 30.5 Å². The SMILES string of the molecule is CC1(C)C(NC(=O)c2ccc(N3CCC(CN4CCN(c5ccc6c(=O)n(C7CCC(=O)NC7=O)ncc6c5)CC4)CC3)c(F)n2)C(C)(C)C1Oc1ccc(C#N)c(Cl)c1. The minimum Gasteiger partial charge on any atom is -0.489 e. The third-order valence-corrected chi connectivity index (χ3v) is 13.3. The van der Waals surface area contributed by atoms with Crippen molar-refractivity contribution in [2.45, 2.75) is 71.6 Å². The van der Waals surface area contributed by atoms with Crippen LogP contribution >= 0.6 is 11.6 Å². The van der Waals surface area contributed by atoms with Gasteiger partial charge in [0, 0.05) is 86.2 Å². The fourth-order valence-corrected chi connectivity index (χ4v) is 10.2. The minimum atomic E-state index is -0.801. The molecule has 0 radical (unpaired) electrons. The summed E-state index contributed by atoms with van der Waals surface area (Å²) in [6.45, 7) is 13.9. The fraction of sp³-hybridized carbons (Fsp3) is 0.477. The summed E-state index contributed by atoms with van der Waals surface area (Å²) in [6, 6.07) is 14.9. The number of nitrogens with one attached hydrogen (secondary N) is 2. The van der Waals surface area contributed by atoms with E-state index in [0.29, 0.717) is 51.8 Å². The van der Waals surface area contributed by atoms with Crippen LogP contribution in [0.4, 0.5) is 15.8 Å². The van der Waals surface area contributed by atoms with E-state index >= 15 is 4.39 Å². The maximum absolute atomic E-state index is 15.6. The number of nitrogens with zero attached hydrogens (tertiary/aromatic N) is 7. The van der Waals surface area contributed by atoms with Gasteiger partial charge < -0.3 is 19.9 Å². The Morgan fingerprint density at radius 2 is 1.70 bits per heavy atom. The highest BCUT2D eigenvalue weighted by molar-refractivity contribution is 6.31. The first-order chi connectivity index (χ1) is 28.6. The highest BCUT2D eigenvalue weighted by Crippen LogP contribution is 2.55. The van der Waals surface area contributed by atoms with Crippen LogP contribution in [0, 0.1) is 34.0 Å². The van der Waals surface area contributed by atoms with Gasteiger partial charge in [0.25, 0.3) is 17.4 Å². The Morgan fingerprint density at radius 1 is 0.967 bits per heavy atom. The summed E-state index contributed by atoms with van der Waals surface area (Å²) in [5.41, 5.74) is 0.510. The van der Waals surface area contributed by atoms with Crippen molar-refractivity contribution in [2.75, 3.05) is 55.6 Å². The van der Waals surface area contributed by atoms with Crippen LogP contribution in [0.1, 0.15) is 75.5 Å². The number of benzene rings is 2. The smallest absolute Gasteiger partial charge is 0.275 e. The van der Waals surface area contributed by atoms with E-state index in [1.807, 2.05) is 50.8 Å². The van der Waals surface area contributed by atoms with Crippen molar-refractivity contribution in [3.05, 3.63) is 87.3 Å². The molecule has 1 saturated carbocycles. The first kappa shape index (κ1) is 41.2. The molecule has 8 rings (SSSR count). The molecule has 3 aliphatic heterocycles. The maximum atomic E-state index is 15.6. The number of imide groups is 1. The monoisotopic (exact) mass is 837 g/mol. The lowest BCUT2D eigenvalue weighted by molar-refractivity contribution is -0.164. The van der Waals surface area contributed by atoms with E-state index in [1.54, 1.807) is 42.6 Å². The van der Waals surface area contributed by atoms with Gasteiger partial charge >= 0.3 is 0 Å². The van der Waals surface area contributed by atoms with Crippen LogP contribution in [0.2, 0.25) is 5.02 Å². The van der Waals surface area contributed by atoms with Crippen LogP contribution in [-0.2, 0) is 9.59 Å². The third-order valence-electron chi connectivity index (χ3n) is 13.0. The Hall–Kier alpha value is -5.59. The quantitative estimate of drug-likeness (QED) is 0.171. The van der Waals surface area contributed by atoms with Crippen LogP contribution < -0.4 is 30.7 Å². The summed E-state index contributed by atoms with van der Waals surface area (Å²) >= 11 is 6.23. The molecular weight excluding hydrogens is 789 g/mol. The molecule has 314 valence electrons. The molecule has 16 heteroatoms. The summed E-state index contributed by atoms with van der Waals surface area (Å²) in [7, 11) is 0. The summed E-state index contributed by atoms with van der Waals surface area (Å²) in [5, 5.41) is 20.4. The number of piperidine rings is 2. The van der Waals surface area contributed by atoms with E-state index in [-0.39, 0.29) is 42.1 Å². The zero-order chi connectivity index (χ0) is 42.5. The van der Waals surface area contributed by atoms with Crippen molar-refractivity contribution < 1.29 is 23.5 Å². The molecule has 5 heterocycles. The second kappa shape index (κ2) is 16.1. The number of fused-ring (bicyclic) bond motifs is 1. The van der Waals surface area contributed by atoms with Crippen molar-refractivity contribution in [2.24, 2.45) is 16.7 Å². The van der Waals surface area contributed by atoms with Crippen LogP contribution in [0.5, 0.6) is 5.75 Å². The van der Waals surface area contributed by atoms with Gasteiger partial charge in [-0.3, -0.25) is 29.4 Å². The number of anilines is 2. The zero-order valence-corrected chi connectivity index (χ0v) is 35.0. The van der Waals surface area contributed by atoms with Gasteiger partial charge in [-0.25, -0.2) is 9.67 Å². The Bertz CT molecular complexity index is 2440. The first-order valence-corrected chi connectivity index (χ1v) is 20.9. The standard InChI is InChI=1S/C44H49ClFN9O5/c1-43(2)41(44(3,4)42(43)60-30-7-5-27(23-47)32(45)22-30)51-38(57)33-9-10-34(37(46)49-33)54-15-13-26(14-16-54)25-52-17-19-53(20-18-52)29-6-8-31-28(21-29)24-48-55(40(31)59)35-11-12-36(56)50-39(35)58/h5-10,21-22,24,26,35,41-42H,11-20,25H2,1-4H3,(H,51,57)(H,50,56,58). The van der Waals surface area contributed by atoms with Gasteiger partial charge in [0.15, 0.2) is 0 Å². The van der Waals surface area contributed by atoms with E-state index in [1.165, 1.54) is 4.68 Å². The van der Waals surface area contributed by atoms with Crippen LogP contribution in [0.15, 0.2) is 59.5 Å². The van der Waals surface area contributed by atoms with E-state index in [9.17, 15) is 24.4 Å². The number of aromatic nitrogens is 3. The van der Waals surface area contributed by atoms with Crippen LogP contribution in [0.25, 0.3) is 10.8 Å². The second-order valence-corrected chi connectivity index (χ2v) is 18.1. The van der Waals surface area contributed by atoms with Gasteiger partial charge in [0.1, 0.15) is 29.7 Å². The molecule has 4 aromatic rings. The molecule has 1 atom stereocenters. The lowest BCUT2D eigenvalue weighted by Crippen LogP contribution is -2.74. The molecule has 2 N–H and O–H groups in total. The predicted molar refractivity (Wildman–Crippen MR) is 225 cm³/mol. The number of pyridine rings is 1. The summed E-state index contributed by atoms with van der Waals surface area (Å²) < 4.78 is 23.1. The largest absolute Gasteiger partial charge is 0.489 e. The van der Waals surface area contributed by atoms with Crippen molar-refractivity contribution in [3.63, 3.8) is 0 Å². The molecule has 3 amide bonds. The van der Waals surface area contributed by atoms with Gasteiger partial charge in [-0.1, -0.05) is 39.3 Å². The van der Waals surface area contributed by atoms with Gasteiger partial charge in [-0.15, -0.1) is 0 Å². The van der Waals surface area contributed by atoms with E-state index in [0.717, 1.165) is 51.3 Å². The van der Waals surface area contributed by atoms with Crippen molar-refractivity contribution >= 4 is 51.5 Å². The lowest BCUT2D eigenvalue weighted by atomic mass is 9.49. The van der Waals surface area contributed by atoms with Crippen molar-refractivity contribution in [1.82, 2.24) is 30.3 Å². The molecule has 0 spiro atoms. The molecule has 0 bridgehead atoms. The summed E-state index contributed by atoms with van der Waals surface area (Å²) in [5.74, 6) is -0.932. The first-order valence-electron chi connectivity index (χ1n) is 20.5. The van der Waals surface area contributed by atoms with Crippen molar-refractivity contribution in [3.8, 4) is 11.8 Å². The molecule has 4 fully saturated rings. The van der Waals surface area contributed by atoms with Crippen molar-refractivity contribution in [1.29, 1.82) is 5.26 Å². The number of rotatable bonds is 9. The number of halogens is 2. The van der Waals surface area contributed by atoms with Crippen LogP contribution in [-0.4, -0.2) is 95.3 Å². The summed E-state index contributed by atoms with van der Waals surface area (Å²) in [4.78, 5) is 61.5. The average molecular weight is 838 g/mol. The average Bonchev–Trinajstić information content (AvgIpc) is 3.22. The van der Waals surface area contributed by atoms with E-state index in [4.69, 9.17) is 16.3 Å². The van der Waals surface area contributed by atoms with Gasteiger partial charge in [-0.2, -0.15) is 14.8 Å². The number of amides is 3. The number of ether oxygens (including phenoxy) is 1. The molecular formula is C44H49ClFN9O5. The topological polar surface area (TPSA) is 166 Å². The highest BCUT2D eigenvalue weighted by Gasteiger charge is 2.64. The number of hydrogen-bond acceptors (Lipinski definition) is 11. The number of carbonyl (C=O) groups is 3. The fourth-order valence-electron chi connectivity index (χ4n) is 9.99. The second-order valence-electron chi connectivity index (χ2n) is 17.7. The third kappa shape index (κ3) is 7.78. The number of carbonyl (C=O) groups excluding carboxylic acids is 3. The highest BCUT2D eigenvalue weighted by atomic mass is 35.5. The number of hydrogen-bond donors (Lipinski definition) is 2. The van der Waals surface area contributed by atoms with E-state index < -0.39 is 34.6 Å².